The molecule has 42 heavy (non-hydrogen) atoms. The van der Waals surface area contributed by atoms with Crippen LogP contribution in [0.2, 0.25) is 0 Å². The van der Waals surface area contributed by atoms with Gasteiger partial charge in [0.15, 0.2) is 11.0 Å². The molecule has 2 heterocycles. The molecule has 0 spiro atoms. The van der Waals surface area contributed by atoms with Crippen molar-refractivity contribution in [2.24, 2.45) is 4.99 Å². The van der Waals surface area contributed by atoms with E-state index in [1.54, 1.807) is 0 Å². The highest BCUT2D eigenvalue weighted by molar-refractivity contribution is 8.15. The van der Waals surface area contributed by atoms with E-state index in [0.29, 0.717) is 29.6 Å². The van der Waals surface area contributed by atoms with Crippen molar-refractivity contribution in [3.63, 3.8) is 0 Å². The van der Waals surface area contributed by atoms with Gasteiger partial charge in [-0.3, -0.25) is 9.69 Å². The van der Waals surface area contributed by atoms with Gasteiger partial charge in [-0.2, -0.15) is 4.99 Å². The summed E-state index contributed by atoms with van der Waals surface area (Å²) >= 11 is 1.23. The van der Waals surface area contributed by atoms with Crippen LogP contribution in [0, 0.1) is 13.8 Å². The number of alkyl halides is 3. The minimum atomic E-state index is -4.76. The van der Waals surface area contributed by atoms with Crippen LogP contribution in [0.4, 0.5) is 23.7 Å². The zero-order valence-electron chi connectivity index (χ0n) is 22.6. The molecule has 5 rings (SSSR count). The highest BCUT2D eigenvalue weighted by Crippen LogP contribution is 2.32. The lowest BCUT2D eigenvalue weighted by atomic mass is 10.1. The lowest BCUT2D eigenvalue weighted by Crippen LogP contribution is -2.32. The van der Waals surface area contributed by atoms with Gasteiger partial charge in [0.05, 0.1) is 17.1 Å². The average molecular weight is 595 g/mol. The molecular weight excluding hydrogens is 569 g/mol. The van der Waals surface area contributed by atoms with Crippen molar-refractivity contribution >= 4 is 34.6 Å². The zero-order valence-corrected chi connectivity index (χ0v) is 23.4. The molecule has 1 saturated heterocycles. The molecule has 4 aromatic rings. The molecular formula is C29H25F3N6O3S. The van der Waals surface area contributed by atoms with Crippen molar-refractivity contribution < 1.29 is 27.5 Å². The highest BCUT2D eigenvalue weighted by atomic mass is 32.2. The maximum Gasteiger partial charge on any atom is 0.573 e. The number of aryl methyl sites for hydroxylation is 2. The van der Waals surface area contributed by atoms with E-state index >= 15 is 0 Å². The third-order valence-electron chi connectivity index (χ3n) is 6.33. The van der Waals surface area contributed by atoms with Gasteiger partial charge in [0.25, 0.3) is 0 Å². The van der Waals surface area contributed by atoms with Crippen LogP contribution in [0.1, 0.15) is 16.7 Å². The Hall–Kier alpha value is -4.65. The third kappa shape index (κ3) is 6.79. The number of rotatable bonds is 7. The number of aromatic nitrogens is 3. The first-order valence-corrected chi connectivity index (χ1v) is 13.8. The fraction of sp³-hybridized carbons (Fsp3) is 0.207. The number of aliphatic imine (C=N–C) groups is 1. The van der Waals surface area contributed by atoms with Crippen molar-refractivity contribution in [1.29, 1.82) is 0 Å². The van der Waals surface area contributed by atoms with Crippen LogP contribution in [0.15, 0.2) is 78.0 Å². The molecule has 1 fully saturated rings. The van der Waals surface area contributed by atoms with E-state index in [1.165, 1.54) is 51.9 Å². The number of benzene rings is 3. The molecule has 0 bridgehead atoms. The summed E-state index contributed by atoms with van der Waals surface area (Å²) in [7, 11) is 0. The Kier molecular flexibility index (Phi) is 8.29. The van der Waals surface area contributed by atoms with Crippen LogP contribution in [-0.4, -0.2) is 50.5 Å². The molecule has 0 aliphatic carbocycles. The number of anilines is 1. The van der Waals surface area contributed by atoms with Crippen molar-refractivity contribution in [3.05, 3.63) is 89.7 Å². The van der Waals surface area contributed by atoms with Gasteiger partial charge in [0.2, 0.25) is 5.91 Å². The zero-order chi connectivity index (χ0) is 29.9. The van der Waals surface area contributed by atoms with Crippen molar-refractivity contribution in [2.75, 3.05) is 17.2 Å². The number of ether oxygens (including phenoxy) is 1. The Balaban J connectivity index is 1.20. The van der Waals surface area contributed by atoms with Gasteiger partial charge >= 0.3 is 12.4 Å². The van der Waals surface area contributed by atoms with Gasteiger partial charge in [-0.15, -0.1) is 18.3 Å². The number of amides is 3. The molecule has 0 atom stereocenters. The van der Waals surface area contributed by atoms with Crippen LogP contribution < -0.4 is 15.0 Å². The van der Waals surface area contributed by atoms with E-state index in [4.69, 9.17) is 0 Å². The van der Waals surface area contributed by atoms with Gasteiger partial charge in [0.1, 0.15) is 12.1 Å². The second kappa shape index (κ2) is 12.1. The number of nitrogens with one attached hydrogen (secondary N) is 1. The normalized spacial score (nSPS) is 14.5. The first-order valence-electron chi connectivity index (χ1n) is 12.8. The molecule has 1 aromatic heterocycles. The van der Waals surface area contributed by atoms with Gasteiger partial charge in [-0.25, -0.2) is 14.5 Å². The van der Waals surface area contributed by atoms with E-state index in [0.717, 1.165) is 27.9 Å². The SMILES string of the molecule is Cc1cccc(C)c1N1C(=O)CSC1=NC(=O)NCCc1cccc(-c2ncn(-c3ccc(OC(F)(F)F)cc3)n2)c1. The van der Waals surface area contributed by atoms with E-state index in [2.05, 4.69) is 25.1 Å². The van der Waals surface area contributed by atoms with Crippen LogP contribution in [-0.2, 0) is 11.2 Å². The quantitative estimate of drug-likeness (QED) is 0.289. The van der Waals surface area contributed by atoms with Crippen LogP contribution in [0.5, 0.6) is 5.75 Å². The summed E-state index contributed by atoms with van der Waals surface area (Å²) in [5.41, 5.74) is 4.77. The lowest BCUT2D eigenvalue weighted by Gasteiger charge is -2.20. The fourth-order valence-electron chi connectivity index (χ4n) is 4.45. The number of hydrogen-bond donors (Lipinski definition) is 1. The summed E-state index contributed by atoms with van der Waals surface area (Å²) in [5.74, 6) is 0.197. The average Bonchev–Trinajstić information content (AvgIpc) is 3.56. The number of nitrogens with zero attached hydrogens (tertiary/aromatic N) is 5. The predicted octanol–water partition coefficient (Wildman–Crippen LogP) is 5.84. The molecule has 13 heteroatoms. The van der Waals surface area contributed by atoms with Crippen molar-refractivity contribution in [3.8, 4) is 22.8 Å². The van der Waals surface area contributed by atoms with Crippen LogP contribution in [0.25, 0.3) is 17.1 Å². The molecule has 0 unspecified atom stereocenters. The minimum absolute atomic E-state index is 0.121. The summed E-state index contributed by atoms with van der Waals surface area (Å²) < 4.78 is 42.6. The number of carbonyl (C=O) groups excluding carboxylic acids is 2. The number of urea groups is 1. The lowest BCUT2D eigenvalue weighted by molar-refractivity contribution is -0.274. The minimum Gasteiger partial charge on any atom is -0.406 e. The summed E-state index contributed by atoms with van der Waals surface area (Å²) in [4.78, 5) is 35.2. The van der Waals surface area contributed by atoms with Gasteiger partial charge in [-0.05, 0) is 67.3 Å². The number of para-hydroxylation sites is 1. The van der Waals surface area contributed by atoms with E-state index in [9.17, 15) is 22.8 Å². The van der Waals surface area contributed by atoms with E-state index < -0.39 is 12.4 Å². The number of amidine groups is 1. The van der Waals surface area contributed by atoms with Crippen molar-refractivity contribution in [2.45, 2.75) is 26.6 Å². The van der Waals surface area contributed by atoms with Gasteiger partial charge in [-0.1, -0.05) is 48.2 Å². The summed E-state index contributed by atoms with van der Waals surface area (Å²) in [5, 5.41) is 7.57. The third-order valence-corrected chi connectivity index (χ3v) is 7.25. The molecule has 0 radical (unpaired) electrons. The number of thioether (sulfide) groups is 1. The van der Waals surface area contributed by atoms with Gasteiger partial charge < -0.3 is 10.1 Å². The number of hydrogen-bond acceptors (Lipinski definition) is 6. The fourth-order valence-corrected chi connectivity index (χ4v) is 5.30. The van der Waals surface area contributed by atoms with Crippen LogP contribution >= 0.6 is 11.8 Å². The first-order chi connectivity index (χ1) is 20.1. The smallest absolute Gasteiger partial charge is 0.406 e. The van der Waals surface area contributed by atoms with Crippen LogP contribution in [0.3, 0.4) is 0 Å². The van der Waals surface area contributed by atoms with E-state index in [-0.39, 0.29) is 17.4 Å². The monoisotopic (exact) mass is 594 g/mol. The summed E-state index contributed by atoms with van der Waals surface area (Å²) in [6.07, 6.45) is -2.78. The Labute approximate surface area is 243 Å². The summed E-state index contributed by atoms with van der Waals surface area (Å²) in [6, 6.07) is 18.0. The Bertz CT molecular complexity index is 1630. The summed E-state index contributed by atoms with van der Waals surface area (Å²) in [6.45, 7) is 4.15. The molecule has 9 nitrogen and oxygen atoms in total. The Morgan fingerprint density at radius 1 is 1.07 bits per heavy atom. The Morgan fingerprint density at radius 3 is 2.50 bits per heavy atom. The predicted molar refractivity (Wildman–Crippen MR) is 154 cm³/mol. The molecule has 1 N–H and O–H groups in total. The largest absolute Gasteiger partial charge is 0.573 e. The standard InChI is InChI=1S/C29H25F3N6O3S/c1-18-5-3-6-19(2)25(18)38-24(39)16-42-28(38)35-27(40)33-14-13-20-7-4-8-21(15-20)26-34-17-37(36-26)22-9-11-23(12-10-22)41-29(30,31)32/h3-12,15,17H,13-14,16H2,1-2H3,(H,33,40). The second-order valence-electron chi connectivity index (χ2n) is 9.39. The number of carbonyl (C=O) groups is 2. The van der Waals surface area contributed by atoms with E-state index in [1.807, 2.05) is 56.3 Å². The number of halogens is 3. The molecule has 216 valence electrons. The molecule has 1 aliphatic heterocycles. The van der Waals surface area contributed by atoms with Gasteiger partial charge in [0, 0.05) is 12.1 Å². The first kappa shape index (κ1) is 28.9. The molecule has 3 aromatic carbocycles. The molecule has 3 amide bonds. The maximum atomic E-state index is 12.6. The maximum absolute atomic E-state index is 12.6. The topological polar surface area (TPSA) is 102 Å². The second-order valence-corrected chi connectivity index (χ2v) is 10.3. The Morgan fingerprint density at radius 2 is 1.79 bits per heavy atom. The van der Waals surface area contributed by atoms with Crippen molar-refractivity contribution in [1.82, 2.24) is 20.1 Å². The highest BCUT2D eigenvalue weighted by Gasteiger charge is 2.32. The molecule has 0 saturated carbocycles. The molecule has 1 aliphatic rings.